The molecule has 0 aromatic heterocycles. The van der Waals surface area contributed by atoms with Crippen LogP contribution in [0.5, 0.6) is 0 Å². The van der Waals surface area contributed by atoms with Gasteiger partial charge in [-0.2, -0.15) is 0 Å². The predicted octanol–water partition coefficient (Wildman–Crippen LogP) is 11.6. The highest BCUT2D eigenvalue weighted by Gasteiger charge is 2.46. The smallest absolute Gasteiger partial charge is 0.305 e. The van der Waals surface area contributed by atoms with Crippen molar-refractivity contribution in [2.24, 2.45) is 5.41 Å². The standard InChI is InChI=1S/C44H76O7/c1-3-5-7-9-13-19-25-36-38(49-36)27-21-15-11-17-23-29-42(45)47-34-44(32-31-40-41(33-44)51-40)35-48-43(46)30-24-18-12-16-22-28-39-37(50-39)26-20-14-10-8-6-4-2/h33,36-40H,3-32,34-35H2,1-2H3. The van der Waals surface area contributed by atoms with Gasteiger partial charge in [0.2, 0.25) is 0 Å². The summed E-state index contributed by atoms with van der Waals surface area (Å²) in [6, 6.07) is 0. The number of carbonyl (C=O) groups is 2. The number of ether oxygens (including phenoxy) is 5. The molecule has 4 aliphatic rings. The summed E-state index contributed by atoms with van der Waals surface area (Å²) in [5.41, 5.74) is -0.469. The molecule has 3 aliphatic heterocycles. The molecule has 5 unspecified atom stereocenters. The number of epoxide rings is 3. The summed E-state index contributed by atoms with van der Waals surface area (Å²) in [7, 11) is 0. The van der Waals surface area contributed by atoms with E-state index >= 15 is 0 Å². The fourth-order valence-corrected chi connectivity index (χ4v) is 8.03. The number of carbonyl (C=O) groups excluding carboxylic acids is 2. The summed E-state index contributed by atoms with van der Waals surface area (Å²) < 4.78 is 29.0. The Kier molecular flexibility index (Phi) is 20.4. The third-order valence-corrected chi connectivity index (χ3v) is 11.7. The quantitative estimate of drug-likeness (QED) is 0.0372. The molecule has 5 atom stereocenters. The number of rotatable bonds is 34. The van der Waals surface area contributed by atoms with Gasteiger partial charge >= 0.3 is 11.9 Å². The molecule has 0 radical (unpaired) electrons. The number of hydrogen-bond acceptors (Lipinski definition) is 7. The van der Waals surface area contributed by atoms with Crippen LogP contribution in [-0.2, 0) is 33.3 Å². The lowest BCUT2D eigenvalue weighted by atomic mass is 9.80. The molecule has 294 valence electrons. The molecule has 0 aromatic rings. The fourth-order valence-electron chi connectivity index (χ4n) is 8.03. The lowest BCUT2D eigenvalue weighted by molar-refractivity contribution is -0.152. The van der Waals surface area contributed by atoms with Crippen LogP contribution in [0.3, 0.4) is 0 Å². The maximum Gasteiger partial charge on any atom is 0.305 e. The van der Waals surface area contributed by atoms with Gasteiger partial charge < -0.3 is 23.7 Å². The summed E-state index contributed by atoms with van der Waals surface area (Å²) in [5.74, 6) is 0.663. The van der Waals surface area contributed by atoms with Crippen LogP contribution in [0.2, 0.25) is 0 Å². The molecule has 3 fully saturated rings. The molecule has 3 saturated heterocycles. The molecule has 7 heteroatoms. The Morgan fingerprint density at radius 1 is 0.569 bits per heavy atom. The molecule has 4 rings (SSSR count). The van der Waals surface area contributed by atoms with Gasteiger partial charge in [-0.15, -0.1) is 0 Å². The highest BCUT2D eigenvalue weighted by molar-refractivity contribution is 5.70. The predicted molar refractivity (Wildman–Crippen MR) is 204 cm³/mol. The first-order valence-corrected chi connectivity index (χ1v) is 22.0. The first kappa shape index (κ1) is 42.1. The molecule has 0 amide bonds. The molecule has 3 heterocycles. The Bertz CT molecular complexity index is 934. The molecular weight excluding hydrogens is 640 g/mol. The summed E-state index contributed by atoms with van der Waals surface area (Å²) in [6.45, 7) is 5.04. The van der Waals surface area contributed by atoms with E-state index in [1.807, 2.05) is 0 Å². The van der Waals surface area contributed by atoms with Crippen molar-refractivity contribution in [3.63, 3.8) is 0 Å². The topological polar surface area (TPSA) is 90.2 Å². The monoisotopic (exact) mass is 717 g/mol. The van der Waals surface area contributed by atoms with Gasteiger partial charge in [-0.3, -0.25) is 9.59 Å². The third kappa shape index (κ3) is 18.3. The van der Waals surface area contributed by atoms with Crippen LogP contribution < -0.4 is 0 Å². The van der Waals surface area contributed by atoms with E-state index in [1.54, 1.807) is 0 Å². The average molecular weight is 717 g/mol. The Morgan fingerprint density at radius 2 is 0.941 bits per heavy atom. The van der Waals surface area contributed by atoms with Crippen molar-refractivity contribution >= 4 is 11.9 Å². The zero-order valence-corrected chi connectivity index (χ0v) is 32.9. The fraction of sp³-hybridized carbons (Fsp3) is 0.909. The van der Waals surface area contributed by atoms with Crippen molar-refractivity contribution in [2.75, 3.05) is 13.2 Å². The number of esters is 2. The van der Waals surface area contributed by atoms with Crippen molar-refractivity contribution in [3.05, 3.63) is 11.8 Å². The maximum absolute atomic E-state index is 12.6. The van der Waals surface area contributed by atoms with E-state index in [9.17, 15) is 9.59 Å². The van der Waals surface area contributed by atoms with Gasteiger partial charge in [0, 0.05) is 12.8 Å². The highest BCUT2D eigenvalue weighted by Crippen LogP contribution is 2.45. The summed E-state index contributed by atoms with van der Waals surface area (Å²) >= 11 is 0. The molecule has 0 bridgehead atoms. The Hall–Kier alpha value is -1.60. The average Bonchev–Trinajstić information content (AvgIpc) is 4.05. The third-order valence-electron chi connectivity index (χ3n) is 11.7. The molecule has 7 nitrogen and oxygen atoms in total. The van der Waals surface area contributed by atoms with Crippen LogP contribution in [0.4, 0.5) is 0 Å². The Morgan fingerprint density at radius 3 is 1.33 bits per heavy atom. The lowest BCUT2D eigenvalue weighted by Crippen LogP contribution is -2.34. The molecule has 1 aliphatic carbocycles. The first-order valence-electron chi connectivity index (χ1n) is 22.0. The minimum Gasteiger partial charge on any atom is -0.483 e. The van der Waals surface area contributed by atoms with E-state index in [0.29, 0.717) is 37.3 Å². The van der Waals surface area contributed by atoms with Crippen LogP contribution in [0.1, 0.15) is 206 Å². The summed E-state index contributed by atoms with van der Waals surface area (Å²) in [4.78, 5) is 25.2. The van der Waals surface area contributed by atoms with Gasteiger partial charge in [0.15, 0.2) is 6.10 Å². The van der Waals surface area contributed by atoms with Crippen LogP contribution in [0.25, 0.3) is 0 Å². The van der Waals surface area contributed by atoms with Gasteiger partial charge in [-0.1, -0.05) is 142 Å². The SMILES string of the molecule is CCCCCCCCC1OC1CCCCCCCC(=O)OCC1(COC(=O)CCCCCCCC2OC2CCCCCCCC)C=C2OC2CC1. The van der Waals surface area contributed by atoms with E-state index in [1.165, 1.54) is 128 Å². The van der Waals surface area contributed by atoms with Crippen molar-refractivity contribution in [1.29, 1.82) is 0 Å². The van der Waals surface area contributed by atoms with E-state index in [0.717, 1.165) is 57.1 Å². The molecule has 0 spiro atoms. The lowest BCUT2D eigenvalue weighted by Gasteiger charge is -2.30. The largest absolute Gasteiger partial charge is 0.483 e. The number of fused-ring (bicyclic) bond motifs is 1. The van der Waals surface area contributed by atoms with E-state index in [4.69, 9.17) is 23.7 Å². The second-order valence-electron chi connectivity index (χ2n) is 16.5. The van der Waals surface area contributed by atoms with Gasteiger partial charge in [0.05, 0.1) is 29.8 Å². The second kappa shape index (κ2) is 24.7. The van der Waals surface area contributed by atoms with Crippen LogP contribution in [0, 0.1) is 5.41 Å². The normalized spacial score (nSPS) is 25.8. The zero-order valence-electron chi connectivity index (χ0n) is 32.9. The minimum absolute atomic E-state index is 0.150. The highest BCUT2D eigenvalue weighted by atomic mass is 16.6. The first-order chi connectivity index (χ1) is 25.0. The van der Waals surface area contributed by atoms with E-state index in [2.05, 4.69) is 19.9 Å². The molecule has 51 heavy (non-hydrogen) atoms. The van der Waals surface area contributed by atoms with Crippen LogP contribution >= 0.6 is 0 Å². The van der Waals surface area contributed by atoms with Crippen molar-refractivity contribution in [3.8, 4) is 0 Å². The maximum atomic E-state index is 12.6. The van der Waals surface area contributed by atoms with Gasteiger partial charge in [0.25, 0.3) is 0 Å². The van der Waals surface area contributed by atoms with Crippen LogP contribution in [-0.4, -0.2) is 55.7 Å². The Balaban J connectivity index is 0.951. The number of unbranched alkanes of at least 4 members (excludes halogenated alkanes) is 18. The van der Waals surface area contributed by atoms with Crippen LogP contribution in [0.15, 0.2) is 11.8 Å². The van der Waals surface area contributed by atoms with Crippen molar-refractivity contribution in [1.82, 2.24) is 0 Å². The molecule has 0 aromatic carbocycles. The van der Waals surface area contributed by atoms with E-state index < -0.39 is 5.41 Å². The van der Waals surface area contributed by atoms with Gasteiger partial charge in [-0.25, -0.2) is 0 Å². The Labute approximate surface area is 312 Å². The van der Waals surface area contributed by atoms with Gasteiger partial charge in [0.1, 0.15) is 19.0 Å². The number of hydrogen-bond donors (Lipinski definition) is 0. The summed E-state index contributed by atoms with van der Waals surface area (Å²) in [5, 5.41) is 0. The minimum atomic E-state index is -0.469. The molecule has 0 N–H and O–H groups in total. The second-order valence-corrected chi connectivity index (χ2v) is 16.5. The molecule has 0 saturated carbocycles. The summed E-state index contributed by atoms with van der Waals surface area (Å²) in [6.07, 6.45) is 39.0. The zero-order chi connectivity index (χ0) is 36.0. The van der Waals surface area contributed by atoms with Crippen molar-refractivity contribution in [2.45, 2.75) is 237 Å². The van der Waals surface area contributed by atoms with E-state index in [-0.39, 0.29) is 31.3 Å². The van der Waals surface area contributed by atoms with Gasteiger partial charge in [-0.05, 0) is 57.4 Å². The molecular formula is C44H76O7. The van der Waals surface area contributed by atoms with Crippen molar-refractivity contribution < 1.29 is 33.3 Å².